The van der Waals surface area contributed by atoms with Gasteiger partial charge in [-0.3, -0.25) is 4.79 Å². The largest absolute Gasteiger partial charge is 0.480 e. The first kappa shape index (κ1) is 12.6. The number of nitrogens with zero attached hydrogens (tertiary/aromatic N) is 2. The van der Waals surface area contributed by atoms with Crippen molar-refractivity contribution in [2.24, 2.45) is 5.73 Å². The Balaban J connectivity index is 2.01. The minimum absolute atomic E-state index is 0.439. The summed E-state index contributed by atoms with van der Waals surface area (Å²) in [5.74, 6) is -0.960. The van der Waals surface area contributed by atoms with Gasteiger partial charge in [0.05, 0.1) is 17.4 Å². The van der Waals surface area contributed by atoms with Gasteiger partial charge in [-0.2, -0.15) is 0 Å². The SMILES string of the molecule is CC(N)(CCCn1cnc2ccccc21)C(=O)O. The summed E-state index contributed by atoms with van der Waals surface area (Å²) >= 11 is 0. The number of nitrogens with two attached hydrogens (primary N) is 1. The first-order valence-corrected chi connectivity index (χ1v) is 5.93. The van der Waals surface area contributed by atoms with Gasteiger partial charge in [0.25, 0.3) is 0 Å². The van der Waals surface area contributed by atoms with Crippen LogP contribution in [0.25, 0.3) is 11.0 Å². The molecule has 0 aliphatic rings. The third kappa shape index (κ3) is 2.51. The number of imidazole rings is 1. The summed E-state index contributed by atoms with van der Waals surface area (Å²) < 4.78 is 2.02. The lowest BCUT2D eigenvalue weighted by atomic mass is 9.97. The molecule has 5 heteroatoms. The van der Waals surface area contributed by atoms with E-state index in [1.807, 2.05) is 28.8 Å². The molecule has 96 valence electrons. The normalized spacial score (nSPS) is 14.6. The molecule has 5 nitrogen and oxygen atoms in total. The zero-order valence-electron chi connectivity index (χ0n) is 10.3. The summed E-state index contributed by atoms with van der Waals surface area (Å²) in [6, 6.07) is 7.86. The van der Waals surface area contributed by atoms with E-state index in [-0.39, 0.29) is 0 Å². The molecule has 1 atom stereocenters. The summed E-state index contributed by atoms with van der Waals surface area (Å²) in [7, 11) is 0. The van der Waals surface area contributed by atoms with Crippen molar-refractivity contribution in [1.29, 1.82) is 0 Å². The van der Waals surface area contributed by atoms with E-state index in [4.69, 9.17) is 10.8 Å². The van der Waals surface area contributed by atoms with E-state index < -0.39 is 11.5 Å². The number of rotatable bonds is 5. The van der Waals surface area contributed by atoms with Gasteiger partial charge < -0.3 is 15.4 Å². The minimum atomic E-state index is -1.16. The fourth-order valence-corrected chi connectivity index (χ4v) is 1.91. The van der Waals surface area contributed by atoms with Crippen LogP contribution in [0.4, 0.5) is 0 Å². The molecular formula is C13H17N3O2. The zero-order valence-corrected chi connectivity index (χ0v) is 10.3. The maximum absolute atomic E-state index is 10.9. The smallest absolute Gasteiger partial charge is 0.323 e. The quantitative estimate of drug-likeness (QED) is 0.841. The molecule has 0 radical (unpaired) electrons. The van der Waals surface area contributed by atoms with Crippen LogP contribution in [0, 0.1) is 0 Å². The van der Waals surface area contributed by atoms with E-state index in [1.165, 1.54) is 0 Å². The van der Waals surface area contributed by atoms with Gasteiger partial charge >= 0.3 is 5.97 Å². The molecule has 1 heterocycles. The standard InChI is InChI=1S/C13H17N3O2/c1-13(14,12(17)18)7-4-8-16-9-15-10-5-2-3-6-11(10)16/h2-3,5-6,9H,4,7-8,14H2,1H3,(H,17,18). The maximum Gasteiger partial charge on any atom is 0.323 e. The average molecular weight is 247 g/mol. The number of aromatic nitrogens is 2. The molecule has 0 bridgehead atoms. The zero-order chi connectivity index (χ0) is 13.2. The lowest BCUT2D eigenvalue weighted by Crippen LogP contribution is -2.44. The molecule has 0 aliphatic heterocycles. The lowest BCUT2D eigenvalue weighted by molar-refractivity contribution is -0.142. The van der Waals surface area contributed by atoms with Crippen molar-refractivity contribution in [2.75, 3.05) is 0 Å². The number of carboxylic acid groups (broad SMARTS) is 1. The number of para-hydroxylation sites is 2. The molecule has 18 heavy (non-hydrogen) atoms. The van der Waals surface area contributed by atoms with Crippen LogP contribution in [0.2, 0.25) is 0 Å². The highest BCUT2D eigenvalue weighted by molar-refractivity contribution is 5.77. The Kier molecular flexibility index (Phi) is 3.34. The van der Waals surface area contributed by atoms with Crippen molar-refractivity contribution in [3.8, 4) is 0 Å². The van der Waals surface area contributed by atoms with Gasteiger partial charge in [0.15, 0.2) is 0 Å². The van der Waals surface area contributed by atoms with Crippen LogP contribution in [0.3, 0.4) is 0 Å². The summed E-state index contributed by atoms with van der Waals surface area (Å²) in [5, 5.41) is 8.93. The number of benzene rings is 1. The van der Waals surface area contributed by atoms with Gasteiger partial charge in [-0.1, -0.05) is 12.1 Å². The highest BCUT2D eigenvalue weighted by Gasteiger charge is 2.26. The Morgan fingerprint density at radius 1 is 1.50 bits per heavy atom. The van der Waals surface area contributed by atoms with E-state index in [9.17, 15) is 4.79 Å². The first-order chi connectivity index (χ1) is 8.50. The van der Waals surface area contributed by atoms with Gasteiger partial charge in [0.1, 0.15) is 5.54 Å². The minimum Gasteiger partial charge on any atom is -0.480 e. The number of hydrogen-bond acceptors (Lipinski definition) is 3. The van der Waals surface area contributed by atoms with E-state index in [0.29, 0.717) is 12.8 Å². The van der Waals surface area contributed by atoms with Crippen molar-refractivity contribution in [3.63, 3.8) is 0 Å². The predicted octanol–water partition coefficient (Wildman–Crippen LogP) is 1.62. The van der Waals surface area contributed by atoms with Crippen molar-refractivity contribution in [3.05, 3.63) is 30.6 Å². The van der Waals surface area contributed by atoms with E-state index >= 15 is 0 Å². The second-order valence-electron chi connectivity index (χ2n) is 4.75. The molecule has 0 amide bonds. The molecule has 0 fully saturated rings. The molecule has 0 saturated heterocycles. The number of fused-ring (bicyclic) bond motifs is 1. The topological polar surface area (TPSA) is 81.1 Å². The van der Waals surface area contributed by atoms with E-state index in [2.05, 4.69) is 4.98 Å². The molecule has 0 saturated carbocycles. The van der Waals surface area contributed by atoms with Crippen LogP contribution in [-0.2, 0) is 11.3 Å². The van der Waals surface area contributed by atoms with Crippen LogP contribution in [0.15, 0.2) is 30.6 Å². The Morgan fingerprint density at radius 2 is 2.22 bits per heavy atom. The molecule has 1 aromatic heterocycles. The molecule has 1 aromatic carbocycles. The molecule has 0 aliphatic carbocycles. The summed E-state index contributed by atoms with van der Waals surface area (Å²) in [6.45, 7) is 2.27. The Bertz CT molecular complexity index is 560. The third-order valence-corrected chi connectivity index (χ3v) is 3.11. The van der Waals surface area contributed by atoms with Gasteiger partial charge in [-0.05, 0) is 31.9 Å². The van der Waals surface area contributed by atoms with Crippen LogP contribution in [0.5, 0.6) is 0 Å². The lowest BCUT2D eigenvalue weighted by Gasteiger charge is -2.18. The van der Waals surface area contributed by atoms with Crippen LogP contribution in [0.1, 0.15) is 19.8 Å². The van der Waals surface area contributed by atoms with Crippen molar-refractivity contribution in [2.45, 2.75) is 31.8 Å². The van der Waals surface area contributed by atoms with Crippen LogP contribution in [-0.4, -0.2) is 26.2 Å². The fraction of sp³-hybridized carbons (Fsp3) is 0.385. The number of aliphatic carboxylic acids is 1. The summed E-state index contributed by atoms with van der Waals surface area (Å²) in [4.78, 5) is 15.2. The fourth-order valence-electron chi connectivity index (χ4n) is 1.91. The number of hydrogen-bond donors (Lipinski definition) is 2. The Labute approximate surface area is 105 Å². The number of carbonyl (C=O) groups is 1. The van der Waals surface area contributed by atoms with E-state index in [0.717, 1.165) is 17.6 Å². The highest BCUT2D eigenvalue weighted by atomic mass is 16.4. The molecular weight excluding hydrogens is 230 g/mol. The first-order valence-electron chi connectivity index (χ1n) is 5.93. The second-order valence-corrected chi connectivity index (χ2v) is 4.75. The number of carboxylic acids is 1. The molecule has 3 N–H and O–H groups in total. The van der Waals surface area contributed by atoms with E-state index in [1.54, 1.807) is 13.3 Å². The molecule has 1 unspecified atom stereocenters. The highest BCUT2D eigenvalue weighted by Crippen LogP contribution is 2.15. The Morgan fingerprint density at radius 3 is 2.94 bits per heavy atom. The van der Waals surface area contributed by atoms with Gasteiger partial charge in [0.2, 0.25) is 0 Å². The number of aryl methyl sites for hydroxylation is 1. The monoisotopic (exact) mass is 247 g/mol. The summed E-state index contributed by atoms with van der Waals surface area (Å²) in [5.41, 5.74) is 6.54. The van der Waals surface area contributed by atoms with Crippen molar-refractivity contribution >= 4 is 17.0 Å². The second kappa shape index (κ2) is 4.78. The molecule has 2 aromatic rings. The summed E-state index contributed by atoms with van der Waals surface area (Å²) in [6.07, 6.45) is 2.92. The predicted molar refractivity (Wildman–Crippen MR) is 69.2 cm³/mol. The van der Waals surface area contributed by atoms with Crippen LogP contribution < -0.4 is 5.73 Å². The van der Waals surface area contributed by atoms with Gasteiger partial charge in [-0.15, -0.1) is 0 Å². The maximum atomic E-state index is 10.9. The van der Waals surface area contributed by atoms with Gasteiger partial charge in [0, 0.05) is 6.54 Å². The Hall–Kier alpha value is -1.88. The van der Waals surface area contributed by atoms with Gasteiger partial charge in [-0.25, -0.2) is 4.98 Å². The molecule has 0 spiro atoms. The van der Waals surface area contributed by atoms with Crippen molar-refractivity contribution in [1.82, 2.24) is 9.55 Å². The van der Waals surface area contributed by atoms with Crippen molar-refractivity contribution < 1.29 is 9.90 Å². The average Bonchev–Trinajstić information content (AvgIpc) is 2.72. The third-order valence-electron chi connectivity index (χ3n) is 3.11. The molecule has 2 rings (SSSR count). The van der Waals surface area contributed by atoms with Crippen LogP contribution >= 0.6 is 0 Å².